The highest BCUT2D eigenvalue weighted by atomic mass is 33.1. The number of unbranched alkanes of at least 4 members (excludes halogenated alkanes) is 1. The van der Waals surface area contributed by atoms with Crippen molar-refractivity contribution in [2.75, 3.05) is 119 Å². The SMILES string of the molecule is COCCOCCOCCOCCOCCOCCOCCOCCNC(=O)CCCC[C@H]1CCSS1. The molecule has 0 radical (unpaired) electrons. The molecule has 1 aliphatic heterocycles. The molecule has 0 unspecified atom stereocenters. The number of hydrogen-bond donors (Lipinski definition) is 1. The average molecular weight is 572 g/mol. The van der Waals surface area contributed by atoms with Gasteiger partial charge >= 0.3 is 0 Å². The first kappa shape index (κ1) is 34.9. The number of carbonyl (C=O) groups excluding carboxylic acids is 1. The van der Waals surface area contributed by atoms with E-state index in [1.54, 1.807) is 7.11 Å². The highest BCUT2D eigenvalue weighted by Crippen LogP contribution is 2.39. The molecule has 220 valence electrons. The van der Waals surface area contributed by atoms with Crippen LogP contribution in [0.25, 0.3) is 0 Å². The van der Waals surface area contributed by atoms with Crippen molar-refractivity contribution in [3.8, 4) is 0 Å². The smallest absolute Gasteiger partial charge is 0.220 e. The Morgan fingerprint density at radius 2 is 1.14 bits per heavy atom. The molecule has 0 spiro atoms. The predicted octanol–water partition coefficient (Wildman–Crippen LogP) is 2.58. The Bertz CT molecular complexity index is 489. The summed E-state index contributed by atoms with van der Waals surface area (Å²) in [5.41, 5.74) is 0. The van der Waals surface area contributed by atoms with Crippen LogP contribution >= 0.6 is 21.6 Å². The second-order valence-electron chi connectivity index (χ2n) is 8.20. The van der Waals surface area contributed by atoms with Gasteiger partial charge in [0.15, 0.2) is 0 Å². The van der Waals surface area contributed by atoms with Crippen molar-refractivity contribution in [2.24, 2.45) is 0 Å². The number of ether oxygens (including phenoxy) is 8. The zero-order chi connectivity index (χ0) is 26.5. The normalized spacial score (nSPS) is 15.4. The summed E-state index contributed by atoms with van der Waals surface area (Å²) >= 11 is 0. The van der Waals surface area contributed by atoms with Crippen LogP contribution < -0.4 is 5.32 Å². The van der Waals surface area contributed by atoms with E-state index in [-0.39, 0.29) is 5.91 Å². The molecule has 0 bridgehead atoms. The van der Waals surface area contributed by atoms with Crippen LogP contribution in [-0.2, 0) is 42.7 Å². The van der Waals surface area contributed by atoms with Crippen LogP contribution in [0, 0.1) is 0 Å². The van der Waals surface area contributed by atoms with Gasteiger partial charge in [0.1, 0.15) is 0 Å². The minimum Gasteiger partial charge on any atom is -0.382 e. The van der Waals surface area contributed by atoms with E-state index < -0.39 is 0 Å². The van der Waals surface area contributed by atoms with Gasteiger partial charge in [-0.15, -0.1) is 0 Å². The van der Waals surface area contributed by atoms with Gasteiger partial charge in [-0.25, -0.2) is 0 Å². The molecule has 37 heavy (non-hydrogen) atoms. The first-order valence-corrected chi connectivity index (χ1v) is 15.8. The van der Waals surface area contributed by atoms with Crippen molar-refractivity contribution in [1.29, 1.82) is 0 Å². The molecule has 1 N–H and O–H groups in total. The molecular formula is C25H49NO9S2. The Morgan fingerprint density at radius 1 is 0.676 bits per heavy atom. The van der Waals surface area contributed by atoms with Gasteiger partial charge in [0.05, 0.1) is 99.1 Å². The van der Waals surface area contributed by atoms with Crippen LogP contribution in [0.5, 0.6) is 0 Å². The maximum atomic E-state index is 11.8. The molecule has 1 heterocycles. The number of rotatable bonds is 29. The van der Waals surface area contributed by atoms with Gasteiger partial charge in [-0.1, -0.05) is 28.0 Å². The van der Waals surface area contributed by atoms with Gasteiger partial charge < -0.3 is 43.2 Å². The summed E-state index contributed by atoms with van der Waals surface area (Å²) in [5, 5.41) is 3.70. The minimum atomic E-state index is 0.114. The Hall–Kier alpha value is -0.150. The van der Waals surface area contributed by atoms with Crippen molar-refractivity contribution in [2.45, 2.75) is 37.4 Å². The highest BCUT2D eigenvalue weighted by Gasteiger charge is 2.15. The van der Waals surface area contributed by atoms with Crippen molar-refractivity contribution in [3.05, 3.63) is 0 Å². The van der Waals surface area contributed by atoms with Crippen molar-refractivity contribution in [3.63, 3.8) is 0 Å². The third-order valence-corrected chi connectivity index (χ3v) is 8.15. The number of amides is 1. The molecule has 1 atom stereocenters. The lowest BCUT2D eigenvalue weighted by Gasteiger charge is -2.09. The molecular weight excluding hydrogens is 522 g/mol. The van der Waals surface area contributed by atoms with Crippen LogP contribution in [0.1, 0.15) is 32.1 Å². The minimum absolute atomic E-state index is 0.114. The van der Waals surface area contributed by atoms with Gasteiger partial charge in [0.2, 0.25) is 5.91 Å². The monoisotopic (exact) mass is 571 g/mol. The van der Waals surface area contributed by atoms with E-state index in [2.05, 4.69) is 5.32 Å². The van der Waals surface area contributed by atoms with E-state index >= 15 is 0 Å². The molecule has 0 saturated carbocycles. The molecule has 1 fully saturated rings. The summed E-state index contributed by atoms with van der Waals surface area (Å²) in [6.45, 7) is 8.54. The van der Waals surface area contributed by atoms with Crippen molar-refractivity contribution >= 4 is 27.5 Å². The maximum absolute atomic E-state index is 11.8. The van der Waals surface area contributed by atoms with E-state index in [0.717, 1.165) is 18.1 Å². The predicted molar refractivity (Wildman–Crippen MR) is 148 cm³/mol. The number of methoxy groups -OCH3 is 1. The Morgan fingerprint density at radius 3 is 1.57 bits per heavy atom. The molecule has 1 saturated heterocycles. The van der Waals surface area contributed by atoms with E-state index in [0.29, 0.717) is 112 Å². The van der Waals surface area contributed by atoms with Crippen molar-refractivity contribution < 1.29 is 42.7 Å². The first-order valence-electron chi connectivity index (χ1n) is 13.4. The van der Waals surface area contributed by atoms with Crippen LogP contribution in [0.3, 0.4) is 0 Å². The number of nitrogens with one attached hydrogen (secondary N) is 1. The van der Waals surface area contributed by atoms with E-state index in [9.17, 15) is 4.79 Å². The summed E-state index contributed by atoms with van der Waals surface area (Å²) in [6, 6.07) is 0. The van der Waals surface area contributed by atoms with Gasteiger partial charge in [0, 0.05) is 31.1 Å². The number of hydrogen-bond acceptors (Lipinski definition) is 11. The van der Waals surface area contributed by atoms with E-state index in [1.165, 1.54) is 18.6 Å². The molecule has 1 rings (SSSR count). The van der Waals surface area contributed by atoms with Gasteiger partial charge in [-0.05, 0) is 19.3 Å². The van der Waals surface area contributed by atoms with Crippen LogP contribution in [0.15, 0.2) is 0 Å². The van der Waals surface area contributed by atoms with Gasteiger partial charge in [-0.3, -0.25) is 4.79 Å². The molecule has 0 aliphatic carbocycles. The van der Waals surface area contributed by atoms with Crippen LogP contribution in [0.2, 0.25) is 0 Å². The summed E-state index contributed by atoms with van der Waals surface area (Å²) in [7, 11) is 5.62. The molecule has 1 amide bonds. The zero-order valence-corrected chi connectivity index (χ0v) is 24.3. The largest absolute Gasteiger partial charge is 0.382 e. The van der Waals surface area contributed by atoms with E-state index in [4.69, 9.17) is 37.9 Å². The summed E-state index contributed by atoms with van der Waals surface area (Å²) in [4.78, 5) is 11.8. The zero-order valence-electron chi connectivity index (χ0n) is 22.6. The molecule has 1 aliphatic rings. The second-order valence-corrected chi connectivity index (χ2v) is 11.0. The fraction of sp³-hybridized carbons (Fsp3) is 0.960. The lowest BCUT2D eigenvalue weighted by Crippen LogP contribution is -2.27. The topological polar surface area (TPSA) is 103 Å². The van der Waals surface area contributed by atoms with Crippen molar-refractivity contribution in [1.82, 2.24) is 5.32 Å². The summed E-state index contributed by atoms with van der Waals surface area (Å²) < 4.78 is 42.8. The lowest BCUT2D eigenvalue weighted by molar-refractivity contribution is -0.121. The maximum Gasteiger partial charge on any atom is 0.220 e. The fourth-order valence-electron chi connectivity index (χ4n) is 3.14. The third kappa shape index (κ3) is 25.9. The van der Waals surface area contributed by atoms with Crippen LogP contribution in [-0.4, -0.2) is 130 Å². The second kappa shape index (κ2) is 28.8. The molecule has 12 heteroatoms. The summed E-state index contributed by atoms with van der Waals surface area (Å²) in [5.74, 6) is 1.39. The standard InChI is InChI=1S/C25H49NO9S2/c1-28-9-10-30-13-14-32-17-18-34-21-22-35-20-19-33-16-15-31-12-11-29-8-7-26-25(27)5-3-2-4-24-6-23-36-37-24/h24H,2-23H2,1H3,(H,26,27)/t24-/m0/s1. The summed E-state index contributed by atoms with van der Waals surface area (Å²) in [6.07, 6.45) is 5.25. The lowest BCUT2D eigenvalue weighted by atomic mass is 10.1. The van der Waals surface area contributed by atoms with Gasteiger partial charge in [-0.2, -0.15) is 0 Å². The molecule has 10 nitrogen and oxygen atoms in total. The average Bonchev–Trinajstić information content (AvgIpc) is 3.43. The highest BCUT2D eigenvalue weighted by molar-refractivity contribution is 8.77. The Labute approximate surface area is 231 Å². The molecule has 0 aromatic rings. The molecule has 0 aromatic heterocycles. The van der Waals surface area contributed by atoms with Crippen LogP contribution in [0.4, 0.5) is 0 Å². The van der Waals surface area contributed by atoms with Gasteiger partial charge in [0.25, 0.3) is 0 Å². The first-order chi connectivity index (χ1) is 18.3. The Kier molecular flexibility index (Phi) is 27.2. The number of carbonyl (C=O) groups is 1. The fourth-order valence-corrected chi connectivity index (χ4v) is 6.16. The Balaban J connectivity index is 1.65. The third-order valence-electron chi connectivity index (χ3n) is 5.14. The van der Waals surface area contributed by atoms with E-state index in [1.807, 2.05) is 21.6 Å². The quantitative estimate of drug-likeness (QED) is 0.106. The molecule has 0 aromatic carbocycles.